The molecule has 1 aromatic carbocycles. The minimum absolute atomic E-state index is 0.184. The molecule has 1 heterocycles. The first-order valence-electron chi connectivity index (χ1n) is 9.04. The zero-order chi connectivity index (χ0) is 17.5. The zero-order valence-corrected chi connectivity index (χ0v) is 15.6. The third kappa shape index (κ3) is 4.81. The summed E-state index contributed by atoms with van der Waals surface area (Å²) in [5, 5.41) is 0. The summed E-state index contributed by atoms with van der Waals surface area (Å²) < 4.78 is 5.14. The number of ether oxygens (including phenoxy) is 1. The molecular weight excluding hydrogens is 300 g/mol. The van der Waals surface area contributed by atoms with Crippen molar-refractivity contribution in [2.75, 3.05) is 40.9 Å². The highest BCUT2D eigenvalue weighted by molar-refractivity contribution is 5.83. The molecule has 1 aliphatic rings. The van der Waals surface area contributed by atoms with Gasteiger partial charge in [0.15, 0.2) is 0 Å². The van der Waals surface area contributed by atoms with E-state index in [1.54, 1.807) is 7.11 Å². The summed E-state index contributed by atoms with van der Waals surface area (Å²) >= 11 is 0. The maximum atomic E-state index is 13.1. The molecule has 0 bridgehead atoms. The summed E-state index contributed by atoms with van der Waals surface area (Å²) in [6, 6.07) is 8.03. The van der Waals surface area contributed by atoms with E-state index in [1.165, 1.54) is 12.0 Å². The number of hydrogen-bond donors (Lipinski definition) is 0. The van der Waals surface area contributed by atoms with Crippen LogP contribution in [0.5, 0.6) is 0 Å². The fraction of sp³-hybridized carbons (Fsp3) is 0.650. The van der Waals surface area contributed by atoms with Gasteiger partial charge < -0.3 is 9.64 Å². The normalized spacial score (nSPS) is 17.3. The van der Waals surface area contributed by atoms with Gasteiger partial charge in [-0.25, -0.2) is 0 Å². The van der Waals surface area contributed by atoms with E-state index in [-0.39, 0.29) is 11.9 Å². The number of benzene rings is 1. The van der Waals surface area contributed by atoms with Gasteiger partial charge in [-0.15, -0.1) is 0 Å². The van der Waals surface area contributed by atoms with Crippen molar-refractivity contribution < 1.29 is 9.53 Å². The lowest BCUT2D eigenvalue weighted by molar-refractivity contribution is -0.137. The van der Waals surface area contributed by atoms with Crippen LogP contribution < -0.4 is 0 Å². The highest BCUT2D eigenvalue weighted by Crippen LogP contribution is 2.28. The maximum absolute atomic E-state index is 13.1. The quantitative estimate of drug-likeness (QED) is 0.719. The molecule has 4 nitrogen and oxygen atoms in total. The van der Waals surface area contributed by atoms with Crippen molar-refractivity contribution in [1.82, 2.24) is 9.80 Å². The Morgan fingerprint density at radius 2 is 1.96 bits per heavy atom. The molecule has 0 N–H and O–H groups in total. The molecule has 1 aliphatic heterocycles. The van der Waals surface area contributed by atoms with Crippen molar-refractivity contribution in [3.63, 3.8) is 0 Å². The summed E-state index contributed by atoms with van der Waals surface area (Å²) in [5.74, 6) is 0.977. The van der Waals surface area contributed by atoms with Crippen LogP contribution in [0.2, 0.25) is 0 Å². The van der Waals surface area contributed by atoms with Crippen LogP contribution in [0.1, 0.15) is 42.9 Å². The Morgan fingerprint density at radius 1 is 1.29 bits per heavy atom. The van der Waals surface area contributed by atoms with Crippen LogP contribution in [-0.2, 0) is 9.53 Å². The topological polar surface area (TPSA) is 32.8 Å². The van der Waals surface area contributed by atoms with E-state index >= 15 is 0 Å². The lowest BCUT2D eigenvalue weighted by atomic mass is 9.91. The molecule has 1 amide bonds. The summed E-state index contributed by atoms with van der Waals surface area (Å²) in [6.07, 6.45) is 4.57. The first kappa shape index (κ1) is 18.9. The molecule has 0 unspecified atom stereocenters. The van der Waals surface area contributed by atoms with Crippen LogP contribution in [0, 0.1) is 12.8 Å². The first-order chi connectivity index (χ1) is 11.5. The minimum atomic E-state index is -0.184. The van der Waals surface area contributed by atoms with E-state index in [4.69, 9.17) is 4.74 Å². The van der Waals surface area contributed by atoms with Gasteiger partial charge in [-0.1, -0.05) is 24.3 Å². The second kappa shape index (κ2) is 9.19. The number of aryl methyl sites for hydroxylation is 1. The van der Waals surface area contributed by atoms with E-state index in [1.807, 2.05) is 31.1 Å². The zero-order valence-electron chi connectivity index (χ0n) is 15.6. The van der Waals surface area contributed by atoms with Crippen molar-refractivity contribution >= 4 is 5.91 Å². The van der Waals surface area contributed by atoms with Gasteiger partial charge in [-0.2, -0.15) is 0 Å². The third-order valence-corrected chi connectivity index (χ3v) is 5.12. The number of methoxy groups -OCH3 is 1. The molecule has 1 fully saturated rings. The second-order valence-corrected chi connectivity index (χ2v) is 7.13. The third-order valence-electron chi connectivity index (χ3n) is 5.12. The van der Waals surface area contributed by atoms with E-state index in [0.717, 1.165) is 50.4 Å². The van der Waals surface area contributed by atoms with Gasteiger partial charge >= 0.3 is 0 Å². The van der Waals surface area contributed by atoms with Crippen molar-refractivity contribution in [1.29, 1.82) is 0 Å². The van der Waals surface area contributed by atoms with E-state index in [2.05, 4.69) is 24.0 Å². The van der Waals surface area contributed by atoms with Crippen molar-refractivity contribution in [3.05, 3.63) is 35.4 Å². The molecular formula is C20H32N2O2. The molecule has 1 atom stereocenters. The van der Waals surface area contributed by atoms with Gasteiger partial charge in [0, 0.05) is 26.8 Å². The standard InChI is InChI=1S/C20H32N2O2/c1-16-8-5-6-10-18(16)19(21(2)3)20(23)22-13-11-17(12-14-22)9-7-15-24-4/h5-6,8,10,17,19H,7,9,11-15H2,1-4H3/t19-/m0/s1. The van der Waals surface area contributed by atoms with Gasteiger partial charge in [-0.3, -0.25) is 9.69 Å². The molecule has 0 aliphatic carbocycles. The highest BCUT2D eigenvalue weighted by Gasteiger charge is 2.31. The summed E-state index contributed by atoms with van der Waals surface area (Å²) in [6.45, 7) is 4.69. The SMILES string of the molecule is COCCCC1CCN(C(=O)[C@H](c2ccccc2C)N(C)C)CC1. The van der Waals surface area contributed by atoms with Gasteiger partial charge in [0.05, 0.1) is 0 Å². The number of piperidine rings is 1. The van der Waals surface area contributed by atoms with Crippen molar-refractivity contribution in [3.8, 4) is 0 Å². The highest BCUT2D eigenvalue weighted by atomic mass is 16.5. The number of nitrogens with zero attached hydrogens (tertiary/aromatic N) is 2. The smallest absolute Gasteiger partial charge is 0.244 e. The fourth-order valence-corrected chi connectivity index (χ4v) is 3.66. The molecule has 1 aromatic rings. The Morgan fingerprint density at radius 3 is 2.54 bits per heavy atom. The molecule has 24 heavy (non-hydrogen) atoms. The van der Waals surface area contributed by atoms with Gasteiger partial charge in [0.25, 0.3) is 0 Å². The van der Waals surface area contributed by atoms with Crippen LogP contribution in [0.25, 0.3) is 0 Å². The number of carbonyl (C=O) groups is 1. The molecule has 1 saturated heterocycles. The van der Waals surface area contributed by atoms with Crippen LogP contribution in [-0.4, -0.2) is 56.6 Å². The number of amides is 1. The van der Waals surface area contributed by atoms with Crippen LogP contribution in [0.15, 0.2) is 24.3 Å². The Hall–Kier alpha value is -1.39. The van der Waals surface area contributed by atoms with Gasteiger partial charge in [-0.05, 0) is 63.7 Å². The Labute approximate surface area is 146 Å². The molecule has 4 heteroatoms. The van der Waals surface area contributed by atoms with E-state index in [9.17, 15) is 4.79 Å². The van der Waals surface area contributed by atoms with Crippen LogP contribution in [0.4, 0.5) is 0 Å². The predicted molar refractivity (Wildman–Crippen MR) is 98.0 cm³/mol. The average molecular weight is 332 g/mol. The predicted octanol–water partition coefficient (Wildman–Crippen LogP) is 3.26. The number of hydrogen-bond acceptors (Lipinski definition) is 3. The number of likely N-dealkylation sites (N-methyl/N-ethyl adjacent to an activating group) is 1. The van der Waals surface area contributed by atoms with Crippen LogP contribution >= 0.6 is 0 Å². The molecule has 0 spiro atoms. The molecule has 2 rings (SSSR count). The van der Waals surface area contributed by atoms with Crippen LogP contribution in [0.3, 0.4) is 0 Å². The van der Waals surface area contributed by atoms with Gasteiger partial charge in [0.2, 0.25) is 5.91 Å². The lowest BCUT2D eigenvalue weighted by Crippen LogP contribution is -2.44. The maximum Gasteiger partial charge on any atom is 0.244 e. The van der Waals surface area contributed by atoms with Gasteiger partial charge in [0.1, 0.15) is 6.04 Å². The summed E-state index contributed by atoms with van der Waals surface area (Å²) in [5.41, 5.74) is 2.30. The fourth-order valence-electron chi connectivity index (χ4n) is 3.66. The Bertz CT molecular complexity index is 522. The second-order valence-electron chi connectivity index (χ2n) is 7.13. The van der Waals surface area contributed by atoms with Crippen molar-refractivity contribution in [2.45, 2.75) is 38.6 Å². The number of likely N-dealkylation sites (tertiary alicyclic amines) is 1. The van der Waals surface area contributed by atoms with Crippen molar-refractivity contribution in [2.24, 2.45) is 5.92 Å². The lowest BCUT2D eigenvalue weighted by Gasteiger charge is -2.36. The monoisotopic (exact) mass is 332 g/mol. The first-order valence-corrected chi connectivity index (χ1v) is 9.04. The summed E-state index contributed by atoms with van der Waals surface area (Å²) in [4.78, 5) is 17.2. The Kier molecular flexibility index (Phi) is 7.25. The number of rotatable bonds is 7. The minimum Gasteiger partial charge on any atom is -0.385 e. The average Bonchev–Trinajstić information content (AvgIpc) is 2.57. The molecule has 0 radical (unpaired) electrons. The molecule has 0 aromatic heterocycles. The number of carbonyl (C=O) groups excluding carboxylic acids is 1. The molecule has 0 saturated carbocycles. The largest absolute Gasteiger partial charge is 0.385 e. The summed E-state index contributed by atoms with van der Waals surface area (Å²) in [7, 11) is 5.74. The Balaban J connectivity index is 1.98. The van der Waals surface area contributed by atoms with E-state index < -0.39 is 0 Å². The van der Waals surface area contributed by atoms with E-state index in [0.29, 0.717) is 0 Å². The molecule has 134 valence electrons.